The molecule has 1 fully saturated rings. The number of pyridine rings is 1. The van der Waals surface area contributed by atoms with Gasteiger partial charge in [0.25, 0.3) is 0 Å². The van der Waals surface area contributed by atoms with E-state index in [2.05, 4.69) is 15.2 Å². The molecule has 2 heterocycles. The van der Waals surface area contributed by atoms with E-state index >= 15 is 0 Å². The zero-order valence-corrected chi connectivity index (χ0v) is 10.8. The Morgan fingerprint density at radius 2 is 1.95 bits per heavy atom. The van der Waals surface area contributed by atoms with Crippen LogP contribution in [0.1, 0.15) is 5.56 Å². The highest BCUT2D eigenvalue weighted by atomic mass is 16.2. The number of carbonyl (C=O) groups excluding carboxylic acids is 2. The molecule has 1 aromatic rings. The monoisotopic (exact) mass is 262 g/mol. The van der Waals surface area contributed by atoms with E-state index in [4.69, 9.17) is 0 Å². The van der Waals surface area contributed by atoms with E-state index in [1.807, 2.05) is 12.1 Å². The molecule has 0 aromatic carbocycles. The van der Waals surface area contributed by atoms with Gasteiger partial charge < -0.3 is 10.2 Å². The van der Waals surface area contributed by atoms with Crippen molar-refractivity contribution in [1.82, 2.24) is 20.1 Å². The molecule has 1 aliphatic heterocycles. The average molecular weight is 262 g/mol. The highest BCUT2D eigenvalue weighted by Gasteiger charge is 2.17. The normalized spacial score (nSPS) is 16.1. The largest absolute Gasteiger partial charge is 0.351 e. The van der Waals surface area contributed by atoms with Gasteiger partial charge in [0.1, 0.15) is 0 Å². The van der Waals surface area contributed by atoms with Crippen LogP contribution in [0.5, 0.6) is 0 Å². The van der Waals surface area contributed by atoms with Gasteiger partial charge in [-0.3, -0.25) is 19.5 Å². The summed E-state index contributed by atoms with van der Waals surface area (Å²) in [7, 11) is 0. The molecule has 2 rings (SSSR count). The average Bonchev–Trinajstić information content (AvgIpc) is 2.47. The molecule has 6 heteroatoms. The maximum absolute atomic E-state index is 11.8. The molecule has 0 atom stereocenters. The number of carbonyl (C=O) groups is 2. The van der Waals surface area contributed by atoms with Crippen LogP contribution in [-0.4, -0.2) is 59.8 Å². The summed E-state index contributed by atoms with van der Waals surface area (Å²) >= 11 is 0. The van der Waals surface area contributed by atoms with Crippen LogP contribution in [0.2, 0.25) is 0 Å². The topological polar surface area (TPSA) is 65.5 Å². The van der Waals surface area contributed by atoms with Crippen molar-refractivity contribution in [1.29, 1.82) is 0 Å². The minimum Gasteiger partial charge on any atom is -0.351 e. The van der Waals surface area contributed by atoms with Crippen LogP contribution in [0.4, 0.5) is 0 Å². The van der Waals surface area contributed by atoms with Crippen LogP contribution in [0.25, 0.3) is 0 Å². The Bertz CT molecular complexity index is 416. The van der Waals surface area contributed by atoms with Gasteiger partial charge >= 0.3 is 0 Å². The van der Waals surface area contributed by atoms with Gasteiger partial charge in [-0.05, 0) is 17.7 Å². The van der Waals surface area contributed by atoms with Crippen molar-refractivity contribution in [3.8, 4) is 0 Å². The predicted octanol–water partition coefficient (Wildman–Crippen LogP) is -0.528. The molecular weight excluding hydrogens is 244 g/mol. The lowest BCUT2D eigenvalue weighted by atomic mass is 10.2. The quantitative estimate of drug-likeness (QED) is 0.725. The number of hydrogen-bond acceptors (Lipinski definition) is 4. The highest BCUT2D eigenvalue weighted by Crippen LogP contribution is 1.99. The van der Waals surface area contributed by atoms with Crippen molar-refractivity contribution < 1.29 is 9.59 Å². The Morgan fingerprint density at radius 3 is 2.58 bits per heavy atom. The third kappa shape index (κ3) is 4.33. The van der Waals surface area contributed by atoms with Crippen LogP contribution >= 0.6 is 0 Å². The Labute approximate surface area is 112 Å². The van der Waals surface area contributed by atoms with Crippen molar-refractivity contribution in [2.75, 3.05) is 32.7 Å². The molecule has 2 amide bonds. The predicted molar refractivity (Wildman–Crippen MR) is 70.2 cm³/mol. The molecule has 1 aliphatic rings. The molecule has 0 unspecified atom stereocenters. The molecule has 0 spiro atoms. The Balaban J connectivity index is 1.69. The van der Waals surface area contributed by atoms with Gasteiger partial charge in [0.05, 0.1) is 6.54 Å². The van der Waals surface area contributed by atoms with E-state index in [-0.39, 0.29) is 5.91 Å². The third-order valence-corrected chi connectivity index (χ3v) is 3.16. The summed E-state index contributed by atoms with van der Waals surface area (Å²) in [6.45, 7) is 3.80. The second-order valence-electron chi connectivity index (χ2n) is 4.55. The molecule has 0 bridgehead atoms. The molecule has 0 saturated carbocycles. The molecule has 6 nitrogen and oxygen atoms in total. The van der Waals surface area contributed by atoms with Crippen molar-refractivity contribution >= 4 is 12.3 Å². The number of nitrogens with zero attached hydrogens (tertiary/aromatic N) is 3. The summed E-state index contributed by atoms with van der Waals surface area (Å²) in [4.78, 5) is 30.1. The van der Waals surface area contributed by atoms with E-state index < -0.39 is 0 Å². The first-order valence-electron chi connectivity index (χ1n) is 6.35. The number of amides is 2. The first-order valence-corrected chi connectivity index (χ1v) is 6.35. The van der Waals surface area contributed by atoms with Gasteiger partial charge in [0, 0.05) is 45.1 Å². The zero-order chi connectivity index (χ0) is 13.5. The SMILES string of the molecule is O=CN1CCN(CC(=O)NCc2ccncc2)CC1. The number of nitrogens with one attached hydrogen (secondary N) is 1. The Morgan fingerprint density at radius 1 is 1.26 bits per heavy atom. The lowest BCUT2D eigenvalue weighted by Crippen LogP contribution is -2.48. The van der Waals surface area contributed by atoms with E-state index in [0.717, 1.165) is 25.1 Å². The number of aromatic nitrogens is 1. The van der Waals surface area contributed by atoms with Gasteiger partial charge in [-0.1, -0.05) is 0 Å². The third-order valence-electron chi connectivity index (χ3n) is 3.16. The van der Waals surface area contributed by atoms with Crippen LogP contribution in [-0.2, 0) is 16.1 Å². The van der Waals surface area contributed by atoms with Gasteiger partial charge in [0.2, 0.25) is 12.3 Å². The minimum atomic E-state index is 0.0105. The highest BCUT2D eigenvalue weighted by molar-refractivity contribution is 5.78. The Kier molecular flexibility index (Phi) is 4.85. The van der Waals surface area contributed by atoms with Gasteiger partial charge in [-0.15, -0.1) is 0 Å². The molecule has 0 radical (unpaired) electrons. The van der Waals surface area contributed by atoms with Crippen LogP contribution in [0, 0.1) is 0 Å². The van der Waals surface area contributed by atoms with Crippen LogP contribution in [0.3, 0.4) is 0 Å². The summed E-state index contributed by atoms with van der Waals surface area (Å²) in [6.07, 6.45) is 4.28. The van der Waals surface area contributed by atoms with Crippen LogP contribution in [0.15, 0.2) is 24.5 Å². The zero-order valence-electron chi connectivity index (χ0n) is 10.8. The van der Waals surface area contributed by atoms with Crippen molar-refractivity contribution in [2.24, 2.45) is 0 Å². The summed E-state index contributed by atoms with van der Waals surface area (Å²) in [6, 6.07) is 3.76. The summed E-state index contributed by atoms with van der Waals surface area (Å²) in [5, 5.41) is 2.88. The summed E-state index contributed by atoms with van der Waals surface area (Å²) in [5.41, 5.74) is 1.04. The fraction of sp³-hybridized carbons (Fsp3) is 0.462. The smallest absolute Gasteiger partial charge is 0.234 e. The molecular formula is C13H18N4O2. The van der Waals surface area contributed by atoms with E-state index in [1.165, 1.54) is 0 Å². The van der Waals surface area contributed by atoms with Gasteiger partial charge in [0.15, 0.2) is 0 Å². The fourth-order valence-corrected chi connectivity index (χ4v) is 1.99. The number of hydrogen-bond donors (Lipinski definition) is 1. The van der Waals surface area contributed by atoms with E-state index in [9.17, 15) is 9.59 Å². The molecule has 1 N–H and O–H groups in total. The van der Waals surface area contributed by atoms with E-state index in [1.54, 1.807) is 17.3 Å². The molecule has 19 heavy (non-hydrogen) atoms. The summed E-state index contributed by atoms with van der Waals surface area (Å²) < 4.78 is 0. The lowest BCUT2D eigenvalue weighted by Gasteiger charge is -2.31. The number of rotatable bonds is 5. The summed E-state index contributed by atoms with van der Waals surface area (Å²) in [5.74, 6) is 0.0105. The van der Waals surface area contributed by atoms with Crippen molar-refractivity contribution in [3.63, 3.8) is 0 Å². The minimum absolute atomic E-state index is 0.0105. The Hall–Kier alpha value is -1.95. The second kappa shape index (κ2) is 6.84. The molecule has 1 saturated heterocycles. The molecule has 0 aliphatic carbocycles. The first-order chi connectivity index (χ1) is 9.28. The second-order valence-corrected chi connectivity index (χ2v) is 4.55. The van der Waals surface area contributed by atoms with Crippen LogP contribution < -0.4 is 5.32 Å². The van der Waals surface area contributed by atoms with Crippen molar-refractivity contribution in [2.45, 2.75) is 6.54 Å². The molecule has 1 aromatic heterocycles. The van der Waals surface area contributed by atoms with Gasteiger partial charge in [-0.2, -0.15) is 0 Å². The lowest BCUT2D eigenvalue weighted by molar-refractivity contribution is -0.123. The van der Waals surface area contributed by atoms with Crippen molar-refractivity contribution in [3.05, 3.63) is 30.1 Å². The standard InChI is InChI=1S/C13H18N4O2/c18-11-17-7-5-16(6-8-17)10-13(19)15-9-12-1-3-14-4-2-12/h1-4,11H,5-10H2,(H,15,19). The fourth-order valence-electron chi connectivity index (χ4n) is 1.99. The maximum Gasteiger partial charge on any atom is 0.234 e. The van der Waals surface area contributed by atoms with Gasteiger partial charge in [-0.25, -0.2) is 0 Å². The number of piperazine rings is 1. The first kappa shape index (κ1) is 13.5. The maximum atomic E-state index is 11.8. The van der Waals surface area contributed by atoms with E-state index in [0.29, 0.717) is 26.2 Å². The molecule has 102 valence electrons.